The molecule has 2 N–H and O–H groups in total. The minimum atomic E-state index is -0.566. The molecule has 0 unspecified atom stereocenters. The summed E-state index contributed by atoms with van der Waals surface area (Å²) in [5.41, 5.74) is 1.26. The van der Waals surface area contributed by atoms with Crippen molar-refractivity contribution < 1.29 is 9.53 Å². The highest BCUT2D eigenvalue weighted by atomic mass is 16.5. The predicted octanol–water partition coefficient (Wildman–Crippen LogP) is 2.31. The lowest BCUT2D eigenvalue weighted by Crippen LogP contribution is -2.13. The van der Waals surface area contributed by atoms with Crippen molar-refractivity contribution >= 4 is 17.7 Å². The summed E-state index contributed by atoms with van der Waals surface area (Å²) in [6, 6.07) is 13.6. The first-order valence-corrected chi connectivity index (χ1v) is 6.24. The van der Waals surface area contributed by atoms with Crippen LogP contribution >= 0.6 is 0 Å². The van der Waals surface area contributed by atoms with Crippen molar-refractivity contribution in [2.45, 2.75) is 6.42 Å². The van der Waals surface area contributed by atoms with Crippen LogP contribution in [0.25, 0.3) is 0 Å². The molecule has 0 aliphatic rings. The molecule has 2 rings (SSSR count). The van der Waals surface area contributed by atoms with E-state index < -0.39 is 6.09 Å². The van der Waals surface area contributed by atoms with Crippen molar-refractivity contribution in [1.82, 2.24) is 10.2 Å². The van der Waals surface area contributed by atoms with Crippen LogP contribution in [0.1, 0.15) is 5.56 Å². The average molecular weight is 272 g/mol. The Morgan fingerprint density at radius 3 is 2.45 bits per heavy atom. The van der Waals surface area contributed by atoms with Crippen LogP contribution < -0.4 is 10.6 Å². The lowest BCUT2D eigenvalue weighted by molar-refractivity contribution is 0.187. The lowest BCUT2D eigenvalue weighted by Gasteiger charge is -2.06. The maximum atomic E-state index is 11.0. The fourth-order valence-corrected chi connectivity index (χ4v) is 1.63. The molecule has 1 aromatic heterocycles. The van der Waals surface area contributed by atoms with Gasteiger partial charge < -0.3 is 10.1 Å². The summed E-state index contributed by atoms with van der Waals surface area (Å²) in [5.74, 6) is 1.02. The standard InChI is InChI=1S/C14H16N4O2/c1-20-14(19)16-13-8-7-12(17-18-13)15-10-9-11-5-3-2-4-6-11/h2-8H,9-10H2,1H3,(H,15,17)(H,16,18,19). The van der Waals surface area contributed by atoms with Crippen molar-refractivity contribution in [2.75, 3.05) is 24.3 Å². The lowest BCUT2D eigenvalue weighted by atomic mass is 10.1. The highest BCUT2D eigenvalue weighted by Crippen LogP contribution is 2.07. The van der Waals surface area contributed by atoms with Crippen LogP contribution in [0.5, 0.6) is 0 Å². The van der Waals surface area contributed by atoms with Gasteiger partial charge in [0.1, 0.15) is 5.82 Å². The van der Waals surface area contributed by atoms with Gasteiger partial charge in [-0.25, -0.2) is 4.79 Å². The molecule has 0 aliphatic heterocycles. The Morgan fingerprint density at radius 2 is 1.80 bits per heavy atom. The number of aromatic nitrogens is 2. The van der Waals surface area contributed by atoms with E-state index in [1.807, 2.05) is 18.2 Å². The van der Waals surface area contributed by atoms with Gasteiger partial charge in [0.2, 0.25) is 0 Å². The van der Waals surface area contributed by atoms with Crippen LogP contribution in [0.15, 0.2) is 42.5 Å². The highest BCUT2D eigenvalue weighted by Gasteiger charge is 2.02. The maximum absolute atomic E-state index is 11.0. The zero-order chi connectivity index (χ0) is 14.2. The molecule has 1 amide bonds. The molecular formula is C14H16N4O2. The third kappa shape index (κ3) is 4.24. The van der Waals surface area contributed by atoms with Gasteiger partial charge in [0, 0.05) is 6.54 Å². The quantitative estimate of drug-likeness (QED) is 0.873. The number of methoxy groups -OCH3 is 1. The number of hydrogen-bond acceptors (Lipinski definition) is 5. The van der Waals surface area contributed by atoms with Crippen molar-refractivity contribution in [2.24, 2.45) is 0 Å². The van der Waals surface area contributed by atoms with E-state index >= 15 is 0 Å². The van der Waals surface area contributed by atoms with Crippen LogP contribution in [0.2, 0.25) is 0 Å². The fraction of sp³-hybridized carbons (Fsp3) is 0.214. The van der Waals surface area contributed by atoms with Crippen LogP contribution in [-0.2, 0) is 11.2 Å². The third-order valence-electron chi connectivity index (χ3n) is 2.64. The number of hydrogen-bond donors (Lipinski definition) is 2. The molecule has 2 aromatic rings. The number of carbonyl (C=O) groups excluding carboxylic acids is 1. The Bertz CT molecular complexity index is 543. The molecule has 1 heterocycles. The Balaban J connectivity index is 1.80. The summed E-state index contributed by atoms with van der Waals surface area (Å²) in [7, 11) is 1.29. The monoisotopic (exact) mass is 272 g/mol. The first-order valence-electron chi connectivity index (χ1n) is 6.24. The molecule has 20 heavy (non-hydrogen) atoms. The largest absolute Gasteiger partial charge is 0.453 e. The molecular weight excluding hydrogens is 256 g/mol. The van der Waals surface area contributed by atoms with E-state index in [4.69, 9.17) is 0 Å². The minimum absolute atomic E-state index is 0.352. The molecule has 0 aliphatic carbocycles. The van der Waals surface area contributed by atoms with Crippen molar-refractivity contribution in [3.8, 4) is 0 Å². The van der Waals surface area contributed by atoms with E-state index in [-0.39, 0.29) is 0 Å². The Labute approximate surface area is 117 Å². The molecule has 6 heteroatoms. The van der Waals surface area contributed by atoms with Crippen LogP contribution in [0.4, 0.5) is 16.4 Å². The SMILES string of the molecule is COC(=O)Nc1ccc(NCCc2ccccc2)nn1. The van der Waals surface area contributed by atoms with Crippen LogP contribution in [0, 0.1) is 0 Å². The molecule has 0 spiro atoms. The number of anilines is 2. The second-order valence-corrected chi connectivity index (χ2v) is 4.08. The summed E-state index contributed by atoms with van der Waals surface area (Å²) in [5, 5.41) is 13.4. The molecule has 6 nitrogen and oxygen atoms in total. The van der Waals surface area contributed by atoms with Crippen LogP contribution in [-0.4, -0.2) is 29.9 Å². The maximum Gasteiger partial charge on any atom is 0.412 e. The topological polar surface area (TPSA) is 76.1 Å². The molecule has 0 atom stereocenters. The smallest absolute Gasteiger partial charge is 0.412 e. The average Bonchev–Trinajstić information content (AvgIpc) is 2.50. The van der Waals surface area contributed by atoms with E-state index in [0.717, 1.165) is 13.0 Å². The summed E-state index contributed by atoms with van der Waals surface area (Å²) in [6.45, 7) is 0.766. The Hall–Kier alpha value is -2.63. The predicted molar refractivity (Wildman–Crippen MR) is 76.7 cm³/mol. The fourth-order valence-electron chi connectivity index (χ4n) is 1.63. The summed E-state index contributed by atoms with van der Waals surface area (Å²) in [6.07, 6.45) is 0.342. The van der Waals surface area contributed by atoms with Gasteiger partial charge in [-0.2, -0.15) is 0 Å². The number of nitrogens with one attached hydrogen (secondary N) is 2. The number of amides is 1. The zero-order valence-electron chi connectivity index (χ0n) is 11.2. The summed E-state index contributed by atoms with van der Waals surface area (Å²) in [4.78, 5) is 11.0. The third-order valence-corrected chi connectivity index (χ3v) is 2.64. The van der Waals surface area contributed by atoms with Gasteiger partial charge >= 0.3 is 6.09 Å². The van der Waals surface area contributed by atoms with Crippen molar-refractivity contribution in [3.05, 3.63) is 48.0 Å². The van der Waals surface area contributed by atoms with E-state index in [9.17, 15) is 4.79 Å². The molecule has 0 bridgehead atoms. The van der Waals surface area contributed by atoms with Gasteiger partial charge in [0.25, 0.3) is 0 Å². The Morgan fingerprint density at radius 1 is 1.10 bits per heavy atom. The van der Waals surface area contributed by atoms with E-state index in [1.54, 1.807) is 12.1 Å². The van der Waals surface area contributed by atoms with Gasteiger partial charge in [-0.15, -0.1) is 10.2 Å². The van der Waals surface area contributed by atoms with Gasteiger partial charge in [0.15, 0.2) is 5.82 Å². The molecule has 0 radical (unpaired) electrons. The summed E-state index contributed by atoms with van der Waals surface area (Å²) >= 11 is 0. The molecule has 0 saturated heterocycles. The van der Waals surface area contributed by atoms with Crippen LogP contribution in [0.3, 0.4) is 0 Å². The first-order chi connectivity index (χ1) is 9.78. The van der Waals surface area contributed by atoms with Crippen molar-refractivity contribution in [1.29, 1.82) is 0 Å². The number of rotatable bonds is 5. The normalized spacial score (nSPS) is 9.85. The van der Waals surface area contributed by atoms with Gasteiger partial charge in [-0.3, -0.25) is 5.32 Å². The number of carbonyl (C=O) groups is 1. The van der Waals surface area contributed by atoms with Gasteiger partial charge in [-0.1, -0.05) is 30.3 Å². The Kier molecular flexibility index (Phi) is 4.88. The zero-order valence-corrected chi connectivity index (χ0v) is 11.2. The number of benzene rings is 1. The molecule has 0 saturated carbocycles. The number of nitrogens with zero attached hydrogens (tertiary/aromatic N) is 2. The van der Waals surface area contributed by atoms with E-state index in [1.165, 1.54) is 12.7 Å². The second-order valence-electron chi connectivity index (χ2n) is 4.08. The summed E-state index contributed by atoms with van der Waals surface area (Å²) < 4.78 is 4.46. The van der Waals surface area contributed by atoms with Crippen molar-refractivity contribution in [3.63, 3.8) is 0 Å². The minimum Gasteiger partial charge on any atom is -0.453 e. The first kappa shape index (κ1) is 13.8. The number of ether oxygens (including phenoxy) is 1. The second kappa shape index (κ2) is 7.08. The molecule has 1 aromatic carbocycles. The highest BCUT2D eigenvalue weighted by molar-refractivity contribution is 5.83. The van der Waals surface area contributed by atoms with E-state index in [2.05, 4.69) is 37.7 Å². The van der Waals surface area contributed by atoms with Gasteiger partial charge in [0.05, 0.1) is 7.11 Å². The molecule has 104 valence electrons. The van der Waals surface area contributed by atoms with E-state index in [0.29, 0.717) is 11.6 Å². The molecule has 0 fully saturated rings. The van der Waals surface area contributed by atoms with Gasteiger partial charge in [-0.05, 0) is 24.1 Å².